The quantitative estimate of drug-likeness (QED) is 0.912. The molecule has 0 amide bonds. The van der Waals surface area contributed by atoms with Gasteiger partial charge in [0, 0.05) is 29.7 Å². The maximum absolute atomic E-state index is 4.56. The molecule has 5 nitrogen and oxygen atoms in total. The van der Waals surface area contributed by atoms with Crippen molar-refractivity contribution in [2.45, 2.75) is 41.2 Å². The molecule has 102 valence electrons. The van der Waals surface area contributed by atoms with Crippen molar-refractivity contribution in [2.75, 3.05) is 6.54 Å². The van der Waals surface area contributed by atoms with Crippen molar-refractivity contribution in [1.29, 1.82) is 0 Å². The van der Waals surface area contributed by atoms with Gasteiger partial charge in [-0.15, -0.1) is 0 Å². The summed E-state index contributed by atoms with van der Waals surface area (Å²) in [5, 5.41) is 7.78. The fourth-order valence-corrected chi connectivity index (χ4v) is 1.93. The van der Waals surface area contributed by atoms with Crippen molar-refractivity contribution in [3.8, 4) is 5.95 Å². The molecule has 0 radical (unpaired) electrons. The molecule has 2 heterocycles. The number of nitrogens with one attached hydrogen (secondary N) is 1. The molecule has 1 N–H and O–H groups in total. The van der Waals surface area contributed by atoms with Crippen molar-refractivity contribution >= 4 is 0 Å². The van der Waals surface area contributed by atoms with Gasteiger partial charge in [-0.25, -0.2) is 14.6 Å². The highest BCUT2D eigenvalue weighted by Crippen LogP contribution is 2.15. The molecule has 0 aliphatic heterocycles. The average Bonchev–Trinajstić information content (AvgIpc) is 2.65. The summed E-state index contributed by atoms with van der Waals surface area (Å²) in [5.74, 6) is 0.645. The highest BCUT2D eigenvalue weighted by molar-refractivity contribution is 5.29. The second-order valence-electron chi connectivity index (χ2n) is 4.77. The lowest BCUT2D eigenvalue weighted by atomic mass is 10.2. The van der Waals surface area contributed by atoms with Crippen molar-refractivity contribution < 1.29 is 0 Å². The topological polar surface area (TPSA) is 55.6 Å². The van der Waals surface area contributed by atoms with E-state index < -0.39 is 0 Å². The van der Waals surface area contributed by atoms with Crippen LogP contribution in [0.5, 0.6) is 0 Å². The fourth-order valence-electron chi connectivity index (χ4n) is 1.93. The number of hydrogen-bond donors (Lipinski definition) is 1. The molecule has 0 spiro atoms. The van der Waals surface area contributed by atoms with Crippen molar-refractivity contribution in [3.05, 3.63) is 34.4 Å². The molecule has 0 aliphatic rings. The van der Waals surface area contributed by atoms with Gasteiger partial charge in [-0.3, -0.25) is 0 Å². The van der Waals surface area contributed by atoms with E-state index in [9.17, 15) is 0 Å². The van der Waals surface area contributed by atoms with Crippen LogP contribution in [-0.4, -0.2) is 26.3 Å². The summed E-state index contributed by atoms with van der Waals surface area (Å²) in [5.41, 5.74) is 5.44. The Balaban J connectivity index is 2.36. The molecule has 2 aromatic rings. The van der Waals surface area contributed by atoms with Crippen molar-refractivity contribution in [1.82, 2.24) is 25.1 Å². The van der Waals surface area contributed by atoms with Crippen LogP contribution in [0.4, 0.5) is 0 Å². The van der Waals surface area contributed by atoms with Crippen molar-refractivity contribution in [2.24, 2.45) is 0 Å². The lowest BCUT2D eigenvalue weighted by Crippen LogP contribution is -2.15. The summed E-state index contributed by atoms with van der Waals surface area (Å²) in [6, 6.07) is 0. The minimum absolute atomic E-state index is 0.645. The number of rotatable bonds is 4. The standard InChI is InChI=1S/C14H21N5/c1-6-15-7-13-8-16-14(17-11(13)4)19-12(5)9(2)10(3)18-19/h8,15H,6-7H2,1-5H3. The molecule has 0 saturated carbocycles. The van der Waals surface area contributed by atoms with Crippen LogP contribution in [0, 0.1) is 27.7 Å². The lowest BCUT2D eigenvalue weighted by molar-refractivity contribution is 0.705. The minimum atomic E-state index is 0.645. The zero-order chi connectivity index (χ0) is 14.0. The third-order valence-corrected chi connectivity index (χ3v) is 3.48. The molecular formula is C14H21N5. The van der Waals surface area contributed by atoms with Gasteiger partial charge in [-0.2, -0.15) is 5.10 Å². The Hall–Kier alpha value is -1.75. The van der Waals surface area contributed by atoms with Crippen LogP contribution in [0.3, 0.4) is 0 Å². The number of hydrogen-bond acceptors (Lipinski definition) is 4. The predicted octanol–water partition coefficient (Wildman–Crippen LogP) is 2.01. The maximum Gasteiger partial charge on any atom is 0.250 e. The van der Waals surface area contributed by atoms with Gasteiger partial charge in [-0.1, -0.05) is 6.92 Å². The molecule has 5 heteroatoms. The van der Waals surface area contributed by atoms with Gasteiger partial charge in [-0.05, 0) is 39.8 Å². The Morgan fingerprint density at radius 3 is 2.42 bits per heavy atom. The molecule has 0 fully saturated rings. The predicted molar refractivity (Wildman–Crippen MR) is 75.5 cm³/mol. The molecule has 0 atom stereocenters. The average molecular weight is 259 g/mol. The van der Waals surface area contributed by atoms with Gasteiger partial charge in [0.25, 0.3) is 5.95 Å². The highest BCUT2D eigenvalue weighted by Gasteiger charge is 2.12. The third-order valence-electron chi connectivity index (χ3n) is 3.48. The summed E-state index contributed by atoms with van der Waals surface area (Å²) < 4.78 is 1.81. The Morgan fingerprint density at radius 1 is 1.16 bits per heavy atom. The molecule has 2 rings (SSSR count). The van der Waals surface area contributed by atoms with E-state index in [-0.39, 0.29) is 0 Å². The number of aromatic nitrogens is 4. The molecule has 0 aromatic carbocycles. The van der Waals surface area contributed by atoms with E-state index in [4.69, 9.17) is 0 Å². The first-order valence-corrected chi connectivity index (χ1v) is 6.61. The second-order valence-corrected chi connectivity index (χ2v) is 4.77. The normalized spacial score (nSPS) is 11.0. The zero-order valence-electron chi connectivity index (χ0n) is 12.3. The minimum Gasteiger partial charge on any atom is -0.313 e. The summed E-state index contributed by atoms with van der Waals surface area (Å²) in [6.07, 6.45) is 1.88. The van der Waals surface area contributed by atoms with Crippen LogP contribution in [0.1, 0.15) is 35.1 Å². The van der Waals surface area contributed by atoms with Crippen LogP contribution in [-0.2, 0) is 6.54 Å². The van der Waals surface area contributed by atoms with E-state index in [2.05, 4.69) is 34.2 Å². The van der Waals surface area contributed by atoms with Gasteiger partial charge in [0.1, 0.15) is 0 Å². The fraction of sp³-hybridized carbons (Fsp3) is 0.500. The van der Waals surface area contributed by atoms with E-state index in [0.29, 0.717) is 5.95 Å². The van der Waals surface area contributed by atoms with Crippen LogP contribution in [0.2, 0.25) is 0 Å². The maximum atomic E-state index is 4.56. The Bertz CT molecular complexity index is 586. The zero-order valence-corrected chi connectivity index (χ0v) is 12.3. The molecule has 2 aromatic heterocycles. The first kappa shape index (κ1) is 13.7. The second kappa shape index (κ2) is 5.48. The molecule has 0 aliphatic carbocycles. The lowest BCUT2D eigenvalue weighted by Gasteiger charge is -2.08. The smallest absolute Gasteiger partial charge is 0.250 e. The number of nitrogens with zero attached hydrogens (tertiary/aromatic N) is 4. The Labute approximate surface area is 114 Å². The van der Waals surface area contributed by atoms with E-state index in [1.165, 1.54) is 5.56 Å². The largest absolute Gasteiger partial charge is 0.313 e. The Morgan fingerprint density at radius 2 is 1.89 bits per heavy atom. The molecule has 0 saturated heterocycles. The first-order chi connectivity index (χ1) is 9.04. The summed E-state index contributed by atoms with van der Waals surface area (Å²) in [6.45, 7) is 12.0. The van der Waals surface area contributed by atoms with Crippen molar-refractivity contribution in [3.63, 3.8) is 0 Å². The van der Waals surface area contributed by atoms with Crippen LogP contribution in [0.15, 0.2) is 6.20 Å². The monoisotopic (exact) mass is 259 g/mol. The molecule has 19 heavy (non-hydrogen) atoms. The van der Waals surface area contributed by atoms with E-state index in [1.54, 1.807) is 0 Å². The van der Waals surface area contributed by atoms with Gasteiger partial charge >= 0.3 is 0 Å². The van der Waals surface area contributed by atoms with Crippen LogP contribution < -0.4 is 5.32 Å². The van der Waals surface area contributed by atoms with Gasteiger partial charge in [0.05, 0.1) is 5.69 Å². The van der Waals surface area contributed by atoms with Crippen LogP contribution in [0.25, 0.3) is 5.95 Å². The van der Waals surface area contributed by atoms with Crippen LogP contribution >= 0.6 is 0 Å². The van der Waals surface area contributed by atoms with E-state index in [0.717, 1.165) is 35.7 Å². The van der Waals surface area contributed by atoms with E-state index in [1.807, 2.05) is 31.6 Å². The third kappa shape index (κ3) is 2.66. The summed E-state index contributed by atoms with van der Waals surface area (Å²) in [4.78, 5) is 8.99. The van der Waals surface area contributed by atoms with Gasteiger partial charge in [0.15, 0.2) is 0 Å². The highest BCUT2D eigenvalue weighted by atomic mass is 15.4. The molecule has 0 unspecified atom stereocenters. The number of aryl methyl sites for hydroxylation is 2. The van der Waals surface area contributed by atoms with Gasteiger partial charge < -0.3 is 5.32 Å². The first-order valence-electron chi connectivity index (χ1n) is 6.61. The SMILES string of the molecule is CCNCc1cnc(-n2nc(C)c(C)c2C)nc1C. The molecule has 0 bridgehead atoms. The summed E-state index contributed by atoms with van der Waals surface area (Å²) in [7, 11) is 0. The van der Waals surface area contributed by atoms with E-state index >= 15 is 0 Å². The van der Waals surface area contributed by atoms with Gasteiger partial charge in [0.2, 0.25) is 0 Å². The summed E-state index contributed by atoms with van der Waals surface area (Å²) >= 11 is 0. The Kier molecular flexibility index (Phi) is 3.95. The molecular weight excluding hydrogens is 238 g/mol.